The highest BCUT2D eigenvalue weighted by Gasteiger charge is 2.37. The number of nitrogens with zero attached hydrogens (tertiary/aromatic N) is 1. The van der Waals surface area contributed by atoms with Gasteiger partial charge in [0.2, 0.25) is 0 Å². The molecule has 0 aliphatic carbocycles. The third-order valence-electron chi connectivity index (χ3n) is 6.15. The molecule has 0 aliphatic heterocycles. The molecule has 1 amide bonds. The lowest BCUT2D eigenvalue weighted by atomic mass is 9.92. The molecule has 0 saturated carbocycles. The third kappa shape index (κ3) is 5.95. The quantitative estimate of drug-likeness (QED) is 0.456. The maximum atomic E-state index is 14.0. The molecule has 0 saturated heterocycles. The second-order valence-corrected chi connectivity index (χ2v) is 15.5. The first-order chi connectivity index (χ1) is 14.5. The average molecular weight is 464 g/mol. The Labute approximate surface area is 191 Å². The standard InChI is InChI=1S/C25H35F2NO3Si/c1-24(2,3)28(23(29)30)22(19-13-14-20(26)21(27)15-19)18-11-9-17(10-12-18)16-31-32(7,8)25(4,5)6/h9-15,22H,16H2,1-8H3,(H,29,30). The normalized spacial score (nSPS) is 13.7. The molecule has 0 bridgehead atoms. The van der Waals surface area contributed by atoms with Crippen LogP contribution in [0, 0.1) is 11.6 Å². The SMILES string of the molecule is CC(C)(C)N(C(=O)O)C(c1ccc(CO[Si](C)(C)C(C)(C)C)cc1)c1ccc(F)c(F)c1. The van der Waals surface area contributed by atoms with E-state index in [-0.39, 0.29) is 5.04 Å². The van der Waals surface area contributed by atoms with E-state index >= 15 is 0 Å². The number of hydrogen-bond donors (Lipinski definition) is 1. The van der Waals surface area contributed by atoms with Crippen molar-refractivity contribution in [2.75, 3.05) is 0 Å². The summed E-state index contributed by atoms with van der Waals surface area (Å²) in [7, 11) is -1.91. The monoisotopic (exact) mass is 463 g/mol. The molecular formula is C25H35F2NO3Si. The molecule has 0 fully saturated rings. The third-order valence-corrected chi connectivity index (χ3v) is 10.6. The topological polar surface area (TPSA) is 49.8 Å². The highest BCUT2D eigenvalue weighted by atomic mass is 28.4. The molecule has 32 heavy (non-hydrogen) atoms. The van der Waals surface area contributed by atoms with E-state index < -0.39 is 37.6 Å². The Bertz CT molecular complexity index is 947. The van der Waals surface area contributed by atoms with Gasteiger partial charge in [-0.15, -0.1) is 0 Å². The fraction of sp³-hybridized carbons (Fsp3) is 0.480. The molecule has 1 atom stereocenters. The van der Waals surface area contributed by atoms with Crippen LogP contribution in [0.3, 0.4) is 0 Å². The molecule has 2 aromatic rings. The van der Waals surface area contributed by atoms with Crippen LogP contribution in [0.25, 0.3) is 0 Å². The van der Waals surface area contributed by atoms with E-state index in [4.69, 9.17) is 4.43 Å². The minimum atomic E-state index is -1.91. The number of amides is 1. The zero-order valence-electron chi connectivity index (χ0n) is 20.3. The first kappa shape index (κ1) is 26.0. The van der Waals surface area contributed by atoms with Crippen molar-refractivity contribution in [2.24, 2.45) is 0 Å². The highest BCUT2D eigenvalue weighted by molar-refractivity contribution is 6.74. The molecule has 0 aliphatic rings. The molecule has 176 valence electrons. The molecule has 1 N–H and O–H groups in total. The van der Waals surface area contributed by atoms with E-state index in [0.717, 1.165) is 17.7 Å². The van der Waals surface area contributed by atoms with Gasteiger partial charge in [-0.3, -0.25) is 4.90 Å². The zero-order valence-corrected chi connectivity index (χ0v) is 21.3. The van der Waals surface area contributed by atoms with Crippen LogP contribution in [-0.4, -0.2) is 30.0 Å². The van der Waals surface area contributed by atoms with Crippen molar-refractivity contribution in [3.63, 3.8) is 0 Å². The van der Waals surface area contributed by atoms with Crippen molar-refractivity contribution in [1.29, 1.82) is 0 Å². The lowest BCUT2D eigenvalue weighted by Gasteiger charge is -2.40. The van der Waals surface area contributed by atoms with Gasteiger partial charge in [0, 0.05) is 5.54 Å². The summed E-state index contributed by atoms with van der Waals surface area (Å²) in [6.45, 7) is 16.7. The number of carbonyl (C=O) groups is 1. The van der Waals surface area contributed by atoms with Crippen LogP contribution in [0.5, 0.6) is 0 Å². The molecule has 0 heterocycles. The Hall–Kier alpha value is -2.25. The molecule has 2 rings (SSSR count). The van der Waals surface area contributed by atoms with Crippen molar-refractivity contribution in [1.82, 2.24) is 4.90 Å². The largest absolute Gasteiger partial charge is 0.465 e. The van der Waals surface area contributed by atoms with E-state index in [1.165, 1.54) is 11.0 Å². The molecule has 7 heteroatoms. The highest BCUT2D eigenvalue weighted by Crippen LogP contribution is 2.38. The molecule has 4 nitrogen and oxygen atoms in total. The molecule has 0 radical (unpaired) electrons. The molecule has 0 spiro atoms. The maximum Gasteiger partial charge on any atom is 0.408 e. The summed E-state index contributed by atoms with van der Waals surface area (Å²) in [5, 5.41) is 10.1. The molecular weight excluding hydrogens is 428 g/mol. The number of halogens is 2. The van der Waals surface area contributed by atoms with Crippen molar-refractivity contribution in [2.45, 2.75) is 77.9 Å². The number of hydrogen-bond acceptors (Lipinski definition) is 2. The summed E-state index contributed by atoms with van der Waals surface area (Å²) in [6, 6.07) is 10.2. The van der Waals surface area contributed by atoms with Crippen LogP contribution in [0.4, 0.5) is 13.6 Å². The van der Waals surface area contributed by atoms with E-state index in [2.05, 4.69) is 33.9 Å². The Morgan fingerprint density at radius 2 is 1.50 bits per heavy atom. The zero-order chi connectivity index (χ0) is 24.5. The van der Waals surface area contributed by atoms with Crippen LogP contribution >= 0.6 is 0 Å². The number of carboxylic acid groups (broad SMARTS) is 1. The second-order valence-electron chi connectivity index (χ2n) is 10.7. The van der Waals surface area contributed by atoms with Crippen molar-refractivity contribution >= 4 is 14.4 Å². The van der Waals surface area contributed by atoms with Gasteiger partial charge in [-0.25, -0.2) is 13.6 Å². The lowest BCUT2D eigenvalue weighted by molar-refractivity contribution is 0.0809. The van der Waals surface area contributed by atoms with Gasteiger partial charge in [0.1, 0.15) is 0 Å². The summed E-state index contributed by atoms with van der Waals surface area (Å²) in [6.07, 6.45) is -1.14. The Kier molecular flexibility index (Phi) is 7.57. The summed E-state index contributed by atoms with van der Waals surface area (Å²) in [5.41, 5.74) is 1.24. The minimum absolute atomic E-state index is 0.0966. The van der Waals surface area contributed by atoms with Gasteiger partial charge in [0.05, 0.1) is 12.6 Å². The Morgan fingerprint density at radius 1 is 0.969 bits per heavy atom. The van der Waals surface area contributed by atoms with Crippen molar-refractivity contribution in [3.8, 4) is 0 Å². The van der Waals surface area contributed by atoms with E-state index in [9.17, 15) is 18.7 Å². The minimum Gasteiger partial charge on any atom is -0.465 e. The summed E-state index contributed by atoms with van der Waals surface area (Å²) in [4.78, 5) is 13.5. The molecule has 0 aromatic heterocycles. The summed E-state index contributed by atoms with van der Waals surface area (Å²) >= 11 is 0. The smallest absolute Gasteiger partial charge is 0.408 e. The predicted octanol–water partition coefficient (Wildman–Crippen LogP) is 7.35. The number of rotatable bonds is 6. The average Bonchev–Trinajstić information content (AvgIpc) is 2.65. The maximum absolute atomic E-state index is 14.0. The van der Waals surface area contributed by atoms with Gasteiger partial charge in [-0.2, -0.15) is 0 Å². The van der Waals surface area contributed by atoms with Gasteiger partial charge < -0.3 is 9.53 Å². The summed E-state index contributed by atoms with van der Waals surface area (Å²) < 4.78 is 33.9. The first-order valence-electron chi connectivity index (χ1n) is 10.7. The molecule has 1 unspecified atom stereocenters. The second kappa shape index (κ2) is 9.31. The first-order valence-corrected chi connectivity index (χ1v) is 13.7. The van der Waals surface area contributed by atoms with Crippen LogP contribution in [-0.2, 0) is 11.0 Å². The fourth-order valence-corrected chi connectivity index (χ4v) is 4.19. The number of benzene rings is 2. The van der Waals surface area contributed by atoms with Crippen molar-refractivity contribution in [3.05, 3.63) is 70.8 Å². The van der Waals surface area contributed by atoms with E-state index in [0.29, 0.717) is 17.7 Å². The van der Waals surface area contributed by atoms with Crippen LogP contribution in [0.1, 0.15) is 64.3 Å². The van der Waals surface area contributed by atoms with Crippen LogP contribution in [0.15, 0.2) is 42.5 Å². The predicted molar refractivity (Wildman–Crippen MR) is 126 cm³/mol. The van der Waals surface area contributed by atoms with Gasteiger partial charge in [0.25, 0.3) is 0 Å². The summed E-state index contributed by atoms with van der Waals surface area (Å²) in [5.74, 6) is -1.98. The lowest BCUT2D eigenvalue weighted by Crippen LogP contribution is -2.47. The van der Waals surface area contributed by atoms with Gasteiger partial charge in [-0.1, -0.05) is 51.1 Å². The van der Waals surface area contributed by atoms with Crippen LogP contribution < -0.4 is 0 Å². The van der Waals surface area contributed by atoms with Crippen molar-refractivity contribution < 1.29 is 23.1 Å². The van der Waals surface area contributed by atoms with Gasteiger partial charge in [0.15, 0.2) is 20.0 Å². The fourth-order valence-electron chi connectivity index (χ4n) is 3.23. The molecule has 2 aromatic carbocycles. The van der Waals surface area contributed by atoms with E-state index in [1.807, 2.05) is 24.3 Å². The Morgan fingerprint density at radius 3 is 1.94 bits per heavy atom. The Balaban J connectivity index is 2.44. The van der Waals surface area contributed by atoms with E-state index in [1.54, 1.807) is 20.8 Å². The van der Waals surface area contributed by atoms with Gasteiger partial charge in [-0.05, 0) is 67.7 Å². The van der Waals surface area contributed by atoms with Crippen LogP contribution in [0.2, 0.25) is 18.1 Å². The van der Waals surface area contributed by atoms with Gasteiger partial charge >= 0.3 is 6.09 Å².